The summed E-state index contributed by atoms with van der Waals surface area (Å²) in [5.74, 6) is 1.14. The maximum Gasteiger partial charge on any atom is 0.159 e. The lowest BCUT2D eigenvalue weighted by atomic mass is 9.68. The molecule has 3 rings (SSSR count). The van der Waals surface area contributed by atoms with E-state index >= 15 is 0 Å². The van der Waals surface area contributed by atoms with Gasteiger partial charge < -0.3 is 10.3 Å². The number of aryl methyl sites for hydroxylation is 1. The van der Waals surface area contributed by atoms with Crippen molar-refractivity contribution in [3.8, 4) is 0 Å². The number of hydrogen-bond acceptors (Lipinski definition) is 3. The lowest BCUT2D eigenvalue weighted by Crippen LogP contribution is -2.43. The van der Waals surface area contributed by atoms with Gasteiger partial charge in [-0.25, -0.2) is 9.97 Å². The average molecular weight is 230 g/mol. The molecule has 0 saturated heterocycles. The van der Waals surface area contributed by atoms with E-state index in [9.17, 15) is 0 Å². The topological polar surface area (TPSA) is 56.7 Å². The van der Waals surface area contributed by atoms with E-state index in [-0.39, 0.29) is 5.41 Å². The van der Waals surface area contributed by atoms with Crippen LogP contribution in [0.15, 0.2) is 18.3 Å². The number of nitrogens with zero attached hydrogens (tertiary/aromatic N) is 3. The van der Waals surface area contributed by atoms with Gasteiger partial charge in [-0.15, -0.1) is 0 Å². The smallest absolute Gasteiger partial charge is 0.159 e. The molecule has 2 aromatic rings. The van der Waals surface area contributed by atoms with Crippen LogP contribution in [0.25, 0.3) is 11.2 Å². The molecule has 90 valence electrons. The highest BCUT2D eigenvalue weighted by Crippen LogP contribution is 2.42. The highest BCUT2D eigenvalue weighted by Gasteiger charge is 2.41. The van der Waals surface area contributed by atoms with Crippen molar-refractivity contribution in [2.24, 2.45) is 5.73 Å². The maximum atomic E-state index is 5.97. The molecule has 1 saturated carbocycles. The van der Waals surface area contributed by atoms with Crippen LogP contribution in [-0.4, -0.2) is 21.1 Å². The van der Waals surface area contributed by atoms with Crippen molar-refractivity contribution in [2.45, 2.75) is 38.1 Å². The van der Waals surface area contributed by atoms with E-state index in [1.807, 2.05) is 18.3 Å². The molecule has 17 heavy (non-hydrogen) atoms. The van der Waals surface area contributed by atoms with E-state index < -0.39 is 0 Å². The third-order valence-corrected chi connectivity index (χ3v) is 4.00. The van der Waals surface area contributed by atoms with Gasteiger partial charge in [0.2, 0.25) is 0 Å². The minimum absolute atomic E-state index is 0.108. The third-order valence-electron chi connectivity index (χ3n) is 4.00. The molecule has 2 heterocycles. The number of fused-ring (bicyclic) bond motifs is 1. The van der Waals surface area contributed by atoms with Gasteiger partial charge in [0, 0.05) is 24.7 Å². The van der Waals surface area contributed by atoms with Gasteiger partial charge in [-0.05, 0) is 31.9 Å². The molecule has 0 aliphatic heterocycles. The normalized spacial score (nSPS) is 18.2. The van der Waals surface area contributed by atoms with Crippen molar-refractivity contribution >= 4 is 11.2 Å². The Morgan fingerprint density at radius 2 is 2.29 bits per heavy atom. The van der Waals surface area contributed by atoms with Crippen LogP contribution in [0.4, 0.5) is 0 Å². The third kappa shape index (κ3) is 1.40. The Kier molecular flexibility index (Phi) is 2.40. The summed E-state index contributed by atoms with van der Waals surface area (Å²) in [5.41, 5.74) is 8.06. The van der Waals surface area contributed by atoms with Crippen molar-refractivity contribution in [1.82, 2.24) is 14.5 Å². The lowest BCUT2D eigenvalue weighted by Gasteiger charge is -2.40. The average Bonchev–Trinajstić information content (AvgIpc) is 2.67. The summed E-state index contributed by atoms with van der Waals surface area (Å²) in [6, 6.07) is 3.97. The molecule has 0 bridgehead atoms. The van der Waals surface area contributed by atoms with Crippen molar-refractivity contribution in [3.63, 3.8) is 0 Å². The Balaban J connectivity index is 2.22. The fourth-order valence-corrected chi connectivity index (χ4v) is 2.79. The standard InChI is InChI=1S/C13H18N4/c1-2-17-11-10(5-3-8-15-11)16-12(17)13(9-14)6-4-7-13/h3,5,8H,2,4,6-7,9,14H2,1H3. The Morgan fingerprint density at radius 3 is 2.88 bits per heavy atom. The van der Waals surface area contributed by atoms with E-state index in [1.165, 1.54) is 6.42 Å². The Hall–Kier alpha value is -1.42. The van der Waals surface area contributed by atoms with Crippen LogP contribution < -0.4 is 5.73 Å². The molecular weight excluding hydrogens is 212 g/mol. The van der Waals surface area contributed by atoms with Gasteiger partial charge in [0.15, 0.2) is 5.65 Å². The second-order valence-corrected chi connectivity index (χ2v) is 4.86. The molecular formula is C13H18N4. The zero-order chi connectivity index (χ0) is 11.9. The summed E-state index contributed by atoms with van der Waals surface area (Å²) in [7, 11) is 0. The summed E-state index contributed by atoms with van der Waals surface area (Å²) in [6.07, 6.45) is 5.41. The highest BCUT2D eigenvalue weighted by molar-refractivity contribution is 5.71. The van der Waals surface area contributed by atoms with Crippen LogP contribution >= 0.6 is 0 Å². The number of hydrogen-bond donors (Lipinski definition) is 1. The van der Waals surface area contributed by atoms with Crippen molar-refractivity contribution < 1.29 is 0 Å². The molecule has 2 N–H and O–H groups in total. The molecule has 1 fully saturated rings. The largest absolute Gasteiger partial charge is 0.329 e. The first-order chi connectivity index (χ1) is 8.30. The maximum absolute atomic E-state index is 5.97. The molecule has 0 amide bonds. The molecule has 4 nitrogen and oxygen atoms in total. The summed E-state index contributed by atoms with van der Waals surface area (Å²) in [5, 5.41) is 0. The predicted molar refractivity (Wildman–Crippen MR) is 67.8 cm³/mol. The van der Waals surface area contributed by atoms with Gasteiger partial charge >= 0.3 is 0 Å². The quantitative estimate of drug-likeness (QED) is 0.875. The first kappa shape index (κ1) is 10.7. The van der Waals surface area contributed by atoms with E-state index in [0.29, 0.717) is 6.54 Å². The molecule has 2 aromatic heterocycles. The van der Waals surface area contributed by atoms with Gasteiger partial charge in [0.25, 0.3) is 0 Å². The number of aromatic nitrogens is 3. The fraction of sp³-hybridized carbons (Fsp3) is 0.538. The van der Waals surface area contributed by atoms with Crippen LogP contribution in [0.5, 0.6) is 0 Å². The molecule has 1 aliphatic carbocycles. The molecule has 1 aliphatic rings. The van der Waals surface area contributed by atoms with Gasteiger partial charge in [-0.3, -0.25) is 0 Å². The Bertz CT molecular complexity index is 534. The molecule has 0 unspecified atom stereocenters. The summed E-state index contributed by atoms with van der Waals surface area (Å²) < 4.78 is 2.22. The number of rotatable bonds is 3. The lowest BCUT2D eigenvalue weighted by molar-refractivity contribution is 0.231. The minimum atomic E-state index is 0.108. The second kappa shape index (κ2) is 3.81. The molecule has 4 heteroatoms. The van der Waals surface area contributed by atoms with Crippen LogP contribution in [-0.2, 0) is 12.0 Å². The predicted octanol–water partition coefficient (Wildman–Crippen LogP) is 1.83. The van der Waals surface area contributed by atoms with Crippen LogP contribution in [0.3, 0.4) is 0 Å². The zero-order valence-corrected chi connectivity index (χ0v) is 10.2. The first-order valence-corrected chi connectivity index (χ1v) is 6.32. The van der Waals surface area contributed by atoms with Crippen LogP contribution in [0.2, 0.25) is 0 Å². The van der Waals surface area contributed by atoms with E-state index in [0.717, 1.165) is 36.4 Å². The van der Waals surface area contributed by atoms with Crippen LogP contribution in [0, 0.1) is 0 Å². The van der Waals surface area contributed by atoms with E-state index in [4.69, 9.17) is 10.7 Å². The molecule has 0 aromatic carbocycles. The van der Waals surface area contributed by atoms with Crippen LogP contribution in [0.1, 0.15) is 32.0 Å². The van der Waals surface area contributed by atoms with Gasteiger partial charge in [-0.1, -0.05) is 6.42 Å². The monoisotopic (exact) mass is 230 g/mol. The Labute approximate surface area is 101 Å². The second-order valence-electron chi connectivity index (χ2n) is 4.86. The Morgan fingerprint density at radius 1 is 1.47 bits per heavy atom. The zero-order valence-electron chi connectivity index (χ0n) is 10.2. The summed E-state index contributed by atoms with van der Waals surface area (Å²) in [6.45, 7) is 3.74. The van der Waals surface area contributed by atoms with E-state index in [1.54, 1.807) is 0 Å². The molecule has 0 radical (unpaired) electrons. The summed E-state index contributed by atoms with van der Waals surface area (Å²) >= 11 is 0. The molecule has 0 spiro atoms. The summed E-state index contributed by atoms with van der Waals surface area (Å²) in [4.78, 5) is 9.21. The van der Waals surface area contributed by atoms with Gasteiger partial charge in [0.05, 0.1) is 0 Å². The van der Waals surface area contributed by atoms with Gasteiger partial charge in [0.1, 0.15) is 11.3 Å². The van der Waals surface area contributed by atoms with Gasteiger partial charge in [-0.2, -0.15) is 0 Å². The SMILES string of the molecule is CCn1c(C2(CN)CCC2)nc2cccnc21. The van der Waals surface area contributed by atoms with E-state index in [2.05, 4.69) is 16.5 Å². The number of nitrogens with two attached hydrogens (primary N) is 1. The van der Waals surface area contributed by atoms with Crippen molar-refractivity contribution in [2.75, 3.05) is 6.54 Å². The van der Waals surface area contributed by atoms with Crippen molar-refractivity contribution in [3.05, 3.63) is 24.2 Å². The first-order valence-electron chi connectivity index (χ1n) is 6.32. The minimum Gasteiger partial charge on any atom is -0.329 e. The highest BCUT2D eigenvalue weighted by atomic mass is 15.1. The number of imidazole rings is 1. The number of pyridine rings is 1. The fourth-order valence-electron chi connectivity index (χ4n) is 2.79. The molecule has 0 atom stereocenters. The van der Waals surface area contributed by atoms with Crippen molar-refractivity contribution in [1.29, 1.82) is 0 Å².